The molecule has 0 aliphatic carbocycles. The van der Waals surface area contributed by atoms with Crippen molar-refractivity contribution >= 4 is 21.8 Å². The SMILES string of the molecule is c1ccc2c(Oc3ccnc4ccccc34)ccnc2c1. The molecule has 3 heteroatoms. The maximum absolute atomic E-state index is 6.12. The van der Waals surface area contributed by atoms with Crippen molar-refractivity contribution in [1.82, 2.24) is 9.97 Å². The number of fused-ring (bicyclic) bond motifs is 2. The number of hydrogen-bond donors (Lipinski definition) is 0. The van der Waals surface area contributed by atoms with Crippen LogP contribution in [0.4, 0.5) is 0 Å². The molecule has 0 saturated heterocycles. The molecular formula is C18H12N2O. The number of pyridine rings is 2. The van der Waals surface area contributed by atoms with Crippen LogP contribution in [0.2, 0.25) is 0 Å². The van der Waals surface area contributed by atoms with Gasteiger partial charge in [0.2, 0.25) is 0 Å². The highest BCUT2D eigenvalue weighted by Crippen LogP contribution is 2.32. The summed E-state index contributed by atoms with van der Waals surface area (Å²) >= 11 is 0. The van der Waals surface area contributed by atoms with E-state index in [1.807, 2.05) is 60.7 Å². The van der Waals surface area contributed by atoms with Gasteiger partial charge in [-0.05, 0) is 36.4 Å². The van der Waals surface area contributed by atoms with Crippen LogP contribution in [0.3, 0.4) is 0 Å². The second-order valence-electron chi connectivity index (χ2n) is 4.75. The molecule has 100 valence electrons. The van der Waals surface area contributed by atoms with Crippen molar-refractivity contribution < 1.29 is 4.74 Å². The third-order valence-electron chi connectivity index (χ3n) is 3.44. The summed E-state index contributed by atoms with van der Waals surface area (Å²) in [6.45, 7) is 0. The quantitative estimate of drug-likeness (QED) is 0.536. The first-order valence-corrected chi connectivity index (χ1v) is 6.77. The average Bonchev–Trinajstić information content (AvgIpc) is 2.56. The topological polar surface area (TPSA) is 35.0 Å². The Balaban J connectivity index is 1.87. The van der Waals surface area contributed by atoms with Gasteiger partial charge in [-0.15, -0.1) is 0 Å². The summed E-state index contributed by atoms with van der Waals surface area (Å²) in [5.41, 5.74) is 1.85. The smallest absolute Gasteiger partial charge is 0.138 e. The first-order valence-electron chi connectivity index (χ1n) is 6.77. The van der Waals surface area contributed by atoms with Crippen LogP contribution in [0.15, 0.2) is 73.1 Å². The lowest BCUT2D eigenvalue weighted by molar-refractivity contribution is 0.493. The minimum absolute atomic E-state index is 0.803. The highest BCUT2D eigenvalue weighted by molar-refractivity contribution is 5.88. The summed E-state index contributed by atoms with van der Waals surface area (Å²) in [7, 11) is 0. The van der Waals surface area contributed by atoms with Crippen LogP contribution in [0.25, 0.3) is 21.8 Å². The van der Waals surface area contributed by atoms with Gasteiger partial charge in [-0.1, -0.05) is 24.3 Å². The van der Waals surface area contributed by atoms with Crippen molar-refractivity contribution in [3.05, 3.63) is 73.1 Å². The number of benzene rings is 2. The zero-order valence-electron chi connectivity index (χ0n) is 11.2. The van der Waals surface area contributed by atoms with Gasteiger partial charge in [0.1, 0.15) is 11.5 Å². The van der Waals surface area contributed by atoms with Crippen molar-refractivity contribution in [3.8, 4) is 11.5 Å². The fourth-order valence-electron chi connectivity index (χ4n) is 2.44. The fourth-order valence-corrected chi connectivity index (χ4v) is 2.44. The molecule has 0 atom stereocenters. The van der Waals surface area contributed by atoms with Crippen LogP contribution in [0.1, 0.15) is 0 Å². The molecule has 2 aromatic heterocycles. The van der Waals surface area contributed by atoms with Gasteiger partial charge in [0, 0.05) is 23.2 Å². The fraction of sp³-hybridized carbons (Fsp3) is 0. The highest BCUT2D eigenvalue weighted by atomic mass is 16.5. The predicted octanol–water partition coefficient (Wildman–Crippen LogP) is 4.58. The Hall–Kier alpha value is -2.94. The Bertz CT molecular complexity index is 846. The third kappa shape index (κ3) is 2.09. The molecule has 0 aliphatic rings. The van der Waals surface area contributed by atoms with Gasteiger partial charge < -0.3 is 4.74 Å². The molecule has 0 amide bonds. The van der Waals surface area contributed by atoms with Gasteiger partial charge in [0.15, 0.2) is 0 Å². The molecule has 0 N–H and O–H groups in total. The summed E-state index contributed by atoms with van der Waals surface area (Å²) in [6, 6.07) is 19.7. The molecule has 4 aromatic rings. The molecule has 0 fully saturated rings. The number of nitrogens with zero attached hydrogens (tertiary/aromatic N) is 2. The summed E-state index contributed by atoms with van der Waals surface area (Å²) in [5.74, 6) is 1.61. The van der Waals surface area contributed by atoms with E-state index in [-0.39, 0.29) is 0 Å². The molecular weight excluding hydrogens is 260 g/mol. The van der Waals surface area contributed by atoms with Gasteiger partial charge in [-0.3, -0.25) is 9.97 Å². The minimum Gasteiger partial charge on any atom is -0.456 e. The van der Waals surface area contributed by atoms with Gasteiger partial charge >= 0.3 is 0 Å². The van der Waals surface area contributed by atoms with Crippen molar-refractivity contribution in [2.45, 2.75) is 0 Å². The van der Waals surface area contributed by atoms with Crippen molar-refractivity contribution in [2.75, 3.05) is 0 Å². The molecule has 0 spiro atoms. The maximum atomic E-state index is 6.12. The van der Waals surface area contributed by atoms with Crippen LogP contribution in [-0.4, -0.2) is 9.97 Å². The Morgan fingerprint density at radius 3 is 1.57 bits per heavy atom. The first kappa shape index (κ1) is 11.9. The zero-order valence-corrected chi connectivity index (χ0v) is 11.2. The van der Waals surface area contributed by atoms with Crippen LogP contribution in [0.5, 0.6) is 11.5 Å². The Morgan fingerprint density at radius 2 is 1.05 bits per heavy atom. The Morgan fingerprint density at radius 1 is 0.571 bits per heavy atom. The standard InChI is InChI=1S/C18H12N2O/c1-3-7-15-13(5-1)17(9-11-19-15)21-18-10-12-20-16-8-4-2-6-14(16)18/h1-12H. The summed E-state index contributed by atoms with van der Waals surface area (Å²) in [6.07, 6.45) is 3.53. The molecule has 0 aliphatic heterocycles. The van der Waals surface area contributed by atoms with E-state index in [4.69, 9.17) is 4.74 Å². The van der Waals surface area contributed by atoms with Gasteiger partial charge in [-0.2, -0.15) is 0 Å². The normalized spacial score (nSPS) is 10.9. The molecule has 2 aromatic carbocycles. The van der Waals surface area contributed by atoms with E-state index in [1.165, 1.54) is 0 Å². The molecule has 21 heavy (non-hydrogen) atoms. The third-order valence-corrected chi connectivity index (χ3v) is 3.44. The minimum atomic E-state index is 0.803. The van der Waals surface area contributed by atoms with E-state index in [1.54, 1.807) is 12.4 Å². The van der Waals surface area contributed by atoms with Crippen LogP contribution >= 0.6 is 0 Å². The monoisotopic (exact) mass is 272 g/mol. The number of aromatic nitrogens is 2. The van der Waals surface area contributed by atoms with Crippen LogP contribution < -0.4 is 4.74 Å². The Labute approximate surface area is 121 Å². The van der Waals surface area contributed by atoms with Gasteiger partial charge in [0.25, 0.3) is 0 Å². The average molecular weight is 272 g/mol. The van der Waals surface area contributed by atoms with Crippen LogP contribution in [0, 0.1) is 0 Å². The lowest BCUT2D eigenvalue weighted by Crippen LogP contribution is -1.89. The molecule has 0 radical (unpaired) electrons. The lowest BCUT2D eigenvalue weighted by Gasteiger charge is -2.10. The van der Waals surface area contributed by atoms with E-state index >= 15 is 0 Å². The predicted molar refractivity (Wildman–Crippen MR) is 83.6 cm³/mol. The number of ether oxygens (including phenoxy) is 1. The maximum Gasteiger partial charge on any atom is 0.138 e. The van der Waals surface area contributed by atoms with Crippen molar-refractivity contribution in [2.24, 2.45) is 0 Å². The molecule has 0 unspecified atom stereocenters. The second-order valence-corrected chi connectivity index (χ2v) is 4.75. The summed E-state index contributed by atoms with van der Waals surface area (Å²) in [4.78, 5) is 8.71. The van der Waals surface area contributed by atoms with Crippen molar-refractivity contribution in [1.29, 1.82) is 0 Å². The lowest BCUT2D eigenvalue weighted by atomic mass is 10.2. The van der Waals surface area contributed by atoms with Gasteiger partial charge in [-0.25, -0.2) is 0 Å². The summed E-state index contributed by atoms with van der Waals surface area (Å²) in [5, 5.41) is 2.00. The van der Waals surface area contributed by atoms with Crippen LogP contribution in [-0.2, 0) is 0 Å². The molecule has 0 bridgehead atoms. The van der Waals surface area contributed by atoms with E-state index in [2.05, 4.69) is 9.97 Å². The molecule has 3 nitrogen and oxygen atoms in total. The molecule has 2 heterocycles. The number of rotatable bonds is 2. The largest absolute Gasteiger partial charge is 0.456 e. The first-order chi connectivity index (χ1) is 10.4. The second kappa shape index (κ2) is 4.87. The zero-order chi connectivity index (χ0) is 14.1. The number of para-hydroxylation sites is 2. The van der Waals surface area contributed by atoms with E-state index < -0.39 is 0 Å². The van der Waals surface area contributed by atoms with E-state index in [0.29, 0.717) is 0 Å². The highest BCUT2D eigenvalue weighted by Gasteiger charge is 2.07. The number of hydrogen-bond acceptors (Lipinski definition) is 3. The van der Waals surface area contributed by atoms with Gasteiger partial charge in [0.05, 0.1) is 11.0 Å². The molecule has 0 saturated carbocycles. The van der Waals surface area contributed by atoms with Crippen molar-refractivity contribution in [3.63, 3.8) is 0 Å². The summed E-state index contributed by atoms with van der Waals surface area (Å²) < 4.78 is 6.12. The van der Waals surface area contributed by atoms with E-state index in [0.717, 1.165) is 33.3 Å². The van der Waals surface area contributed by atoms with E-state index in [9.17, 15) is 0 Å². The molecule has 4 rings (SSSR count). The Kier molecular flexibility index (Phi) is 2.75.